The van der Waals surface area contributed by atoms with Gasteiger partial charge in [-0.3, -0.25) is 34.3 Å². The summed E-state index contributed by atoms with van der Waals surface area (Å²) in [5, 5.41) is 23.7. The van der Waals surface area contributed by atoms with Gasteiger partial charge >= 0.3 is 0 Å². The highest BCUT2D eigenvalue weighted by molar-refractivity contribution is 6.38. The third-order valence-electron chi connectivity index (χ3n) is 10.9. The standard InChI is InChI=1S/C37H57N7O6/c1-5-10-26(31(45)35(49)40-24-15-16-24)41-34(48)30-25-14-9-13-23(25)21-44(30)36(50)27(19-37(2,3)4)42-33(47)29(22-11-7-6-8-12-22)43-32(46)28-20-38-17-18-39-28/h17-18,20,22-27,29-30,33,42,47H,5-16,19,21H2,1-4H3,(H,40,49)(H,41,48)(H,43,46)/t23-,25-,26-,27-,29-,30-,33?/m0/s1. The highest BCUT2D eigenvalue weighted by atomic mass is 16.3. The maximum absolute atomic E-state index is 14.7. The number of rotatable bonds is 15. The predicted molar refractivity (Wildman–Crippen MR) is 186 cm³/mol. The number of nitrogens with one attached hydrogen (secondary N) is 4. The molecule has 2 heterocycles. The minimum absolute atomic E-state index is 0.00733. The van der Waals surface area contributed by atoms with E-state index >= 15 is 0 Å². The number of ketones is 1. The lowest BCUT2D eigenvalue weighted by Gasteiger charge is -2.38. The van der Waals surface area contributed by atoms with Crippen molar-refractivity contribution < 1.29 is 29.1 Å². The molecule has 7 atom stereocenters. The van der Waals surface area contributed by atoms with Crippen molar-refractivity contribution in [3.8, 4) is 0 Å². The molecule has 13 heteroatoms. The van der Waals surface area contributed by atoms with Crippen molar-refractivity contribution in [2.75, 3.05) is 6.54 Å². The Morgan fingerprint density at radius 2 is 1.68 bits per heavy atom. The Labute approximate surface area is 295 Å². The molecule has 50 heavy (non-hydrogen) atoms. The lowest BCUT2D eigenvalue weighted by molar-refractivity contribution is -0.144. The SMILES string of the molecule is CCC[C@H](NC(=O)[C@@H]1[C@H]2CCC[C@H]2CN1C(=O)[C@H](CC(C)(C)C)NC(O)[C@@H](NC(=O)c1cnccn1)C1CCCCC1)C(=O)C(=O)NC1CC1. The Bertz CT molecular complexity index is 1360. The monoisotopic (exact) mass is 695 g/mol. The molecule has 1 unspecified atom stereocenters. The van der Waals surface area contributed by atoms with E-state index in [0.29, 0.717) is 25.8 Å². The molecule has 1 saturated heterocycles. The van der Waals surface area contributed by atoms with E-state index in [1.165, 1.54) is 18.6 Å². The summed E-state index contributed by atoms with van der Waals surface area (Å²) in [6.07, 6.45) is 13.4. The number of fused-ring (bicyclic) bond motifs is 1. The summed E-state index contributed by atoms with van der Waals surface area (Å²) in [7, 11) is 0. The largest absolute Gasteiger partial charge is 0.376 e. The molecule has 3 saturated carbocycles. The molecule has 5 N–H and O–H groups in total. The van der Waals surface area contributed by atoms with Crippen LogP contribution in [-0.2, 0) is 19.2 Å². The van der Waals surface area contributed by atoms with Gasteiger partial charge in [-0.25, -0.2) is 4.98 Å². The number of hydrogen-bond donors (Lipinski definition) is 5. The summed E-state index contributed by atoms with van der Waals surface area (Å²) in [6.45, 7) is 8.36. The number of amides is 4. The zero-order chi connectivity index (χ0) is 36.0. The summed E-state index contributed by atoms with van der Waals surface area (Å²) in [6, 6.07) is -3.27. The Balaban J connectivity index is 1.36. The zero-order valence-electron chi connectivity index (χ0n) is 30.2. The normalized spacial score (nSPS) is 24.8. The maximum Gasteiger partial charge on any atom is 0.289 e. The van der Waals surface area contributed by atoms with E-state index in [2.05, 4.69) is 31.2 Å². The van der Waals surface area contributed by atoms with Crippen LogP contribution in [-0.4, -0.2) is 92.4 Å². The molecule has 4 aliphatic rings. The molecule has 3 aliphatic carbocycles. The number of aliphatic hydroxyl groups is 1. The van der Waals surface area contributed by atoms with E-state index in [1.54, 1.807) is 4.90 Å². The van der Waals surface area contributed by atoms with Gasteiger partial charge in [0.25, 0.3) is 11.8 Å². The molecule has 5 rings (SSSR count). The number of Topliss-reactive ketones (excluding diaryl/α,β-unsaturated/α-hetero) is 1. The third-order valence-corrected chi connectivity index (χ3v) is 10.9. The molecule has 1 aliphatic heterocycles. The second kappa shape index (κ2) is 16.7. The van der Waals surface area contributed by atoms with Gasteiger partial charge in [-0.2, -0.15) is 0 Å². The molecule has 1 aromatic heterocycles. The highest BCUT2D eigenvalue weighted by Gasteiger charge is 2.51. The molecule has 0 radical (unpaired) electrons. The summed E-state index contributed by atoms with van der Waals surface area (Å²) in [5.74, 6) is -2.39. The first-order valence-electron chi connectivity index (χ1n) is 18.8. The number of hydrogen-bond acceptors (Lipinski definition) is 9. The number of nitrogens with zero attached hydrogens (tertiary/aromatic N) is 3. The van der Waals surface area contributed by atoms with Crippen LogP contribution in [0.3, 0.4) is 0 Å². The Kier molecular flexibility index (Phi) is 12.6. The van der Waals surface area contributed by atoms with Gasteiger partial charge in [0, 0.05) is 25.0 Å². The number of aromatic nitrogens is 2. The molecule has 0 aromatic carbocycles. The van der Waals surface area contributed by atoms with Crippen molar-refractivity contribution in [3.63, 3.8) is 0 Å². The fourth-order valence-corrected chi connectivity index (χ4v) is 8.25. The summed E-state index contributed by atoms with van der Waals surface area (Å²) < 4.78 is 0. The molecule has 0 spiro atoms. The average molecular weight is 696 g/mol. The van der Waals surface area contributed by atoms with Crippen LogP contribution in [0.1, 0.15) is 122 Å². The molecule has 13 nitrogen and oxygen atoms in total. The molecule has 4 fully saturated rings. The second-order valence-corrected chi connectivity index (χ2v) is 16.2. The van der Waals surface area contributed by atoms with Crippen LogP contribution in [0.25, 0.3) is 0 Å². The average Bonchev–Trinajstić information content (AvgIpc) is 3.66. The fraction of sp³-hybridized carbons (Fsp3) is 0.757. The van der Waals surface area contributed by atoms with Gasteiger partial charge in [-0.05, 0) is 74.5 Å². The van der Waals surface area contributed by atoms with Gasteiger partial charge < -0.3 is 26.0 Å². The van der Waals surface area contributed by atoms with Crippen LogP contribution < -0.4 is 21.3 Å². The molecule has 4 amide bonds. The van der Waals surface area contributed by atoms with E-state index < -0.39 is 53.9 Å². The maximum atomic E-state index is 14.7. The smallest absolute Gasteiger partial charge is 0.289 e. The predicted octanol–water partition coefficient (Wildman–Crippen LogP) is 2.63. The molecular weight excluding hydrogens is 638 g/mol. The van der Waals surface area contributed by atoms with Gasteiger partial charge in [-0.1, -0.05) is 59.8 Å². The first kappa shape index (κ1) is 37.8. The van der Waals surface area contributed by atoms with Crippen LogP contribution >= 0.6 is 0 Å². The van der Waals surface area contributed by atoms with E-state index in [-0.39, 0.29) is 40.8 Å². The summed E-state index contributed by atoms with van der Waals surface area (Å²) >= 11 is 0. The van der Waals surface area contributed by atoms with Crippen LogP contribution in [0.4, 0.5) is 0 Å². The van der Waals surface area contributed by atoms with Crippen molar-refractivity contribution in [1.82, 2.24) is 36.1 Å². The van der Waals surface area contributed by atoms with Crippen LogP contribution in [0, 0.1) is 23.2 Å². The van der Waals surface area contributed by atoms with Crippen LogP contribution in [0.15, 0.2) is 18.6 Å². The molecular formula is C37H57N7O6. The van der Waals surface area contributed by atoms with Gasteiger partial charge in [0.15, 0.2) is 0 Å². The van der Waals surface area contributed by atoms with Gasteiger partial charge in [0.1, 0.15) is 18.0 Å². The van der Waals surface area contributed by atoms with Crippen molar-refractivity contribution in [3.05, 3.63) is 24.3 Å². The van der Waals surface area contributed by atoms with E-state index in [4.69, 9.17) is 0 Å². The Morgan fingerprint density at radius 3 is 2.32 bits per heavy atom. The minimum Gasteiger partial charge on any atom is -0.376 e. The summed E-state index contributed by atoms with van der Waals surface area (Å²) in [5.41, 5.74) is -0.179. The van der Waals surface area contributed by atoms with Gasteiger partial charge in [-0.15, -0.1) is 0 Å². The zero-order valence-corrected chi connectivity index (χ0v) is 30.2. The van der Waals surface area contributed by atoms with Crippen LogP contribution in [0.2, 0.25) is 0 Å². The van der Waals surface area contributed by atoms with E-state index in [0.717, 1.165) is 64.2 Å². The number of aliphatic hydroxyl groups excluding tert-OH is 1. The third kappa shape index (κ3) is 9.65. The van der Waals surface area contributed by atoms with Gasteiger partial charge in [0.05, 0.1) is 24.3 Å². The second-order valence-electron chi connectivity index (χ2n) is 16.2. The number of carbonyl (C=O) groups is 5. The van der Waals surface area contributed by atoms with Crippen molar-refractivity contribution >= 4 is 29.4 Å². The first-order valence-corrected chi connectivity index (χ1v) is 18.8. The van der Waals surface area contributed by atoms with Crippen molar-refractivity contribution in [1.29, 1.82) is 0 Å². The lowest BCUT2D eigenvalue weighted by Crippen LogP contribution is -2.61. The molecule has 1 aromatic rings. The first-order chi connectivity index (χ1) is 23.9. The molecule has 0 bridgehead atoms. The quantitative estimate of drug-likeness (QED) is 0.136. The summed E-state index contributed by atoms with van der Waals surface area (Å²) in [4.78, 5) is 77.7. The molecule has 276 valence electrons. The topological polar surface area (TPSA) is 183 Å². The number of likely N-dealkylation sites (tertiary alicyclic amines) is 1. The Morgan fingerprint density at radius 1 is 0.940 bits per heavy atom. The highest BCUT2D eigenvalue weighted by Crippen LogP contribution is 2.43. The van der Waals surface area contributed by atoms with Crippen molar-refractivity contribution in [2.24, 2.45) is 23.2 Å². The Hall–Kier alpha value is -3.45. The van der Waals surface area contributed by atoms with Gasteiger partial charge in [0.2, 0.25) is 17.6 Å². The lowest BCUT2D eigenvalue weighted by atomic mass is 9.82. The number of carbonyl (C=O) groups excluding carboxylic acids is 5. The van der Waals surface area contributed by atoms with E-state index in [9.17, 15) is 29.1 Å². The fourth-order valence-electron chi connectivity index (χ4n) is 8.25. The van der Waals surface area contributed by atoms with E-state index in [1.807, 2.05) is 27.7 Å². The van der Waals surface area contributed by atoms with Crippen LogP contribution in [0.5, 0.6) is 0 Å². The van der Waals surface area contributed by atoms with Crippen molar-refractivity contribution in [2.45, 2.75) is 148 Å². The minimum atomic E-state index is -1.25.